The Hall–Kier alpha value is -2.88. The van der Waals surface area contributed by atoms with Crippen molar-refractivity contribution in [2.75, 3.05) is 13.1 Å². The van der Waals surface area contributed by atoms with E-state index in [0.717, 1.165) is 43.9 Å². The molecule has 0 atom stereocenters. The Kier molecular flexibility index (Phi) is 6.32. The Morgan fingerprint density at radius 3 is 2.33 bits per heavy atom. The number of piperidine rings is 1. The highest BCUT2D eigenvalue weighted by Crippen LogP contribution is 2.23. The number of nitrogens with zero attached hydrogens (tertiary/aromatic N) is 3. The number of benzene rings is 2. The first-order valence-corrected chi connectivity index (χ1v) is 11.0. The number of carbonyl (C=O) groups is 1. The van der Waals surface area contributed by atoms with Gasteiger partial charge in [-0.3, -0.25) is 4.79 Å². The molecule has 156 valence electrons. The number of amides is 1. The second-order valence-electron chi connectivity index (χ2n) is 8.66. The molecule has 4 nitrogen and oxygen atoms in total. The van der Waals surface area contributed by atoms with Crippen LogP contribution < -0.4 is 0 Å². The van der Waals surface area contributed by atoms with E-state index in [9.17, 15) is 4.79 Å². The summed E-state index contributed by atoms with van der Waals surface area (Å²) in [4.78, 5) is 19.3. The zero-order chi connectivity index (χ0) is 20.9. The smallest absolute Gasteiger partial charge is 0.226 e. The summed E-state index contributed by atoms with van der Waals surface area (Å²) in [6.45, 7) is 7.10. The van der Waals surface area contributed by atoms with Crippen molar-refractivity contribution in [3.05, 3.63) is 78.4 Å². The minimum Gasteiger partial charge on any atom is -0.342 e. The van der Waals surface area contributed by atoms with Gasteiger partial charge in [-0.05, 0) is 35.4 Å². The van der Waals surface area contributed by atoms with Gasteiger partial charge in [0.1, 0.15) is 5.82 Å². The van der Waals surface area contributed by atoms with Crippen molar-refractivity contribution in [1.82, 2.24) is 14.5 Å². The van der Waals surface area contributed by atoms with E-state index < -0.39 is 0 Å². The Labute approximate surface area is 179 Å². The molecular formula is C26H31N3O. The van der Waals surface area contributed by atoms with E-state index in [1.807, 2.05) is 29.3 Å². The summed E-state index contributed by atoms with van der Waals surface area (Å²) >= 11 is 0. The minimum absolute atomic E-state index is 0.242. The molecule has 0 unspecified atom stereocenters. The molecule has 0 aliphatic carbocycles. The van der Waals surface area contributed by atoms with Crippen molar-refractivity contribution >= 4 is 5.91 Å². The van der Waals surface area contributed by atoms with Crippen molar-refractivity contribution in [3.8, 4) is 11.1 Å². The average molecular weight is 402 g/mol. The fourth-order valence-electron chi connectivity index (χ4n) is 4.35. The molecule has 0 saturated carbocycles. The van der Waals surface area contributed by atoms with Gasteiger partial charge in [0.05, 0.1) is 6.42 Å². The SMILES string of the molecule is CC(C)c1nccn1CC1CCN(C(=O)Cc2ccc(-c3ccccc3)cc2)CC1. The fourth-order valence-corrected chi connectivity index (χ4v) is 4.35. The molecule has 0 radical (unpaired) electrons. The molecule has 30 heavy (non-hydrogen) atoms. The molecule has 4 heteroatoms. The maximum absolute atomic E-state index is 12.8. The Morgan fingerprint density at radius 2 is 1.67 bits per heavy atom. The van der Waals surface area contributed by atoms with Crippen LogP contribution in [0.3, 0.4) is 0 Å². The molecule has 0 spiro atoms. The number of rotatable bonds is 6. The monoisotopic (exact) mass is 401 g/mol. The molecule has 0 bridgehead atoms. The van der Waals surface area contributed by atoms with Crippen LogP contribution >= 0.6 is 0 Å². The molecule has 1 aliphatic rings. The van der Waals surface area contributed by atoms with Gasteiger partial charge >= 0.3 is 0 Å². The second-order valence-corrected chi connectivity index (χ2v) is 8.66. The molecule has 4 rings (SSSR count). The minimum atomic E-state index is 0.242. The van der Waals surface area contributed by atoms with Gasteiger partial charge in [-0.15, -0.1) is 0 Å². The molecule has 1 saturated heterocycles. The number of hydrogen-bond donors (Lipinski definition) is 0. The maximum atomic E-state index is 12.8. The predicted octanol–water partition coefficient (Wildman–Crippen LogP) is 5.15. The third-order valence-corrected chi connectivity index (χ3v) is 6.10. The highest BCUT2D eigenvalue weighted by Gasteiger charge is 2.24. The quantitative estimate of drug-likeness (QED) is 0.572. The topological polar surface area (TPSA) is 38.1 Å². The third-order valence-electron chi connectivity index (χ3n) is 6.10. The Bertz CT molecular complexity index is 951. The lowest BCUT2D eigenvalue weighted by molar-refractivity contribution is -0.131. The zero-order valence-electron chi connectivity index (χ0n) is 18.0. The largest absolute Gasteiger partial charge is 0.342 e. The first-order valence-electron chi connectivity index (χ1n) is 11.0. The number of likely N-dealkylation sites (tertiary alicyclic amines) is 1. The van der Waals surface area contributed by atoms with E-state index in [1.165, 1.54) is 11.1 Å². The number of aromatic nitrogens is 2. The normalized spacial score (nSPS) is 15.0. The molecule has 3 aromatic rings. The molecule has 1 aliphatic heterocycles. The fraction of sp³-hybridized carbons (Fsp3) is 0.385. The summed E-state index contributed by atoms with van der Waals surface area (Å²) in [6.07, 6.45) is 6.60. The standard InChI is InChI=1S/C26H31N3O/c1-20(2)26-27-14-17-29(26)19-22-12-15-28(16-13-22)25(30)18-21-8-10-24(11-9-21)23-6-4-3-5-7-23/h3-11,14,17,20,22H,12-13,15-16,18-19H2,1-2H3. The molecule has 1 aromatic heterocycles. The van der Waals surface area contributed by atoms with E-state index in [-0.39, 0.29) is 5.91 Å². The van der Waals surface area contributed by atoms with Crippen molar-refractivity contribution in [2.45, 2.75) is 45.6 Å². The molecule has 2 heterocycles. The molecule has 1 fully saturated rings. The van der Waals surface area contributed by atoms with Gasteiger partial charge in [-0.25, -0.2) is 4.98 Å². The van der Waals surface area contributed by atoms with Crippen LogP contribution in [0.5, 0.6) is 0 Å². The van der Waals surface area contributed by atoms with Crippen LogP contribution in [-0.4, -0.2) is 33.4 Å². The average Bonchev–Trinajstić information content (AvgIpc) is 3.24. The molecule has 1 amide bonds. The van der Waals surface area contributed by atoms with Crippen LogP contribution in [0.25, 0.3) is 11.1 Å². The Balaban J connectivity index is 1.29. The summed E-state index contributed by atoms with van der Waals surface area (Å²) < 4.78 is 2.29. The van der Waals surface area contributed by atoms with Crippen LogP contribution in [0, 0.1) is 5.92 Å². The summed E-state index contributed by atoms with van der Waals surface area (Å²) in [6, 6.07) is 18.7. The second kappa shape index (κ2) is 9.29. The highest BCUT2D eigenvalue weighted by molar-refractivity contribution is 5.79. The summed E-state index contributed by atoms with van der Waals surface area (Å²) in [5.41, 5.74) is 3.48. The van der Waals surface area contributed by atoms with Gasteiger partial charge < -0.3 is 9.47 Å². The summed E-state index contributed by atoms with van der Waals surface area (Å²) in [7, 11) is 0. The van der Waals surface area contributed by atoms with Gasteiger partial charge in [0.25, 0.3) is 0 Å². The van der Waals surface area contributed by atoms with Gasteiger partial charge in [-0.1, -0.05) is 68.4 Å². The highest BCUT2D eigenvalue weighted by atomic mass is 16.2. The van der Waals surface area contributed by atoms with E-state index >= 15 is 0 Å². The summed E-state index contributed by atoms with van der Waals surface area (Å²) in [5, 5.41) is 0. The van der Waals surface area contributed by atoms with Crippen molar-refractivity contribution < 1.29 is 4.79 Å². The van der Waals surface area contributed by atoms with Crippen molar-refractivity contribution in [1.29, 1.82) is 0 Å². The molecular weight excluding hydrogens is 370 g/mol. The van der Waals surface area contributed by atoms with Crippen LogP contribution in [0.1, 0.15) is 44.0 Å². The van der Waals surface area contributed by atoms with Crippen LogP contribution in [0.4, 0.5) is 0 Å². The van der Waals surface area contributed by atoms with E-state index in [4.69, 9.17) is 0 Å². The third kappa shape index (κ3) is 4.81. The Morgan fingerprint density at radius 1 is 1.00 bits per heavy atom. The van der Waals surface area contributed by atoms with Crippen LogP contribution in [-0.2, 0) is 17.8 Å². The number of carbonyl (C=O) groups excluding carboxylic acids is 1. The lowest BCUT2D eigenvalue weighted by Crippen LogP contribution is -2.40. The summed E-state index contributed by atoms with van der Waals surface area (Å²) in [5.74, 6) is 2.46. The van der Waals surface area contributed by atoms with Gasteiger partial charge in [0.2, 0.25) is 5.91 Å². The molecule has 2 aromatic carbocycles. The van der Waals surface area contributed by atoms with E-state index in [2.05, 4.69) is 66.0 Å². The van der Waals surface area contributed by atoms with E-state index in [1.54, 1.807) is 0 Å². The van der Waals surface area contributed by atoms with Gasteiger partial charge in [0, 0.05) is 37.9 Å². The zero-order valence-corrected chi connectivity index (χ0v) is 18.0. The van der Waals surface area contributed by atoms with Crippen molar-refractivity contribution in [2.24, 2.45) is 5.92 Å². The van der Waals surface area contributed by atoms with Crippen LogP contribution in [0.2, 0.25) is 0 Å². The first-order chi connectivity index (χ1) is 14.6. The van der Waals surface area contributed by atoms with Crippen molar-refractivity contribution in [3.63, 3.8) is 0 Å². The number of imidazole rings is 1. The lowest BCUT2D eigenvalue weighted by atomic mass is 9.95. The van der Waals surface area contributed by atoms with Gasteiger partial charge in [-0.2, -0.15) is 0 Å². The lowest BCUT2D eigenvalue weighted by Gasteiger charge is -2.32. The first kappa shape index (κ1) is 20.4. The predicted molar refractivity (Wildman–Crippen MR) is 121 cm³/mol. The van der Waals surface area contributed by atoms with Gasteiger partial charge in [0.15, 0.2) is 0 Å². The maximum Gasteiger partial charge on any atom is 0.226 e. The van der Waals surface area contributed by atoms with Crippen LogP contribution in [0.15, 0.2) is 67.0 Å². The molecule has 0 N–H and O–H groups in total. The number of hydrogen-bond acceptors (Lipinski definition) is 2. The van der Waals surface area contributed by atoms with E-state index in [0.29, 0.717) is 18.3 Å².